The predicted molar refractivity (Wildman–Crippen MR) is 114 cm³/mol. The minimum Gasteiger partial charge on any atom is -0.474 e. The molecule has 0 bridgehead atoms. The molecule has 2 aromatic rings. The fourth-order valence-electron chi connectivity index (χ4n) is 4.82. The molecule has 0 aromatic carbocycles. The summed E-state index contributed by atoms with van der Waals surface area (Å²) < 4.78 is 7.85. The van der Waals surface area contributed by atoms with Crippen LogP contribution in [0.5, 0.6) is 5.88 Å². The van der Waals surface area contributed by atoms with Gasteiger partial charge in [-0.05, 0) is 51.0 Å². The fraction of sp³-hybridized carbons (Fsp3) is 0.565. The highest BCUT2D eigenvalue weighted by Crippen LogP contribution is 2.23. The van der Waals surface area contributed by atoms with Gasteiger partial charge in [-0.1, -0.05) is 0 Å². The van der Waals surface area contributed by atoms with Crippen LogP contribution in [0.3, 0.4) is 0 Å². The number of amides is 2. The first kappa shape index (κ1) is 20.0. The van der Waals surface area contributed by atoms with Gasteiger partial charge in [-0.2, -0.15) is 5.10 Å². The van der Waals surface area contributed by atoms with Gasteiger partial charge in [0, 0.05) is 45.0 Å². The van der Waals surface area contributed by atoms with E-state index in [1.807, 2.05) is 9.58 Å². The molecule has 3 aliphatic rings. The third-order valence-electron chi connectivity index (χ3n) is 6.64. The molecule has 0 atom stereocenters. The number of pyridine rings is 1. The molecule has 164 valence electrons. The van der Waals surface area contributed by atoms with Gasteiger partial charge in [0.15, 0.2) is 0 Å². The number of ether oxygens (including phenoxy) is 1. The maximum Gasteiger partial charge on any atom is 0.257 e. The summed E-state index contributed by atoms with van der Waals surface area (Å²) in [7, 11) is 0. The SMILES string of the molecule is O=C(c1ccc(OC2CCCC2)nc1)N1CCN(C(=O)c2cnn3c2CCCC3)CC1. The summed E-state index contributed by atoms with van der Waals surface area (Å²) in [5, 5.41) is 4.38. The maximum absolute atomic E-state index is 13.0. The fourth-order valence-corrected chi connectivity index (χ4v) is 4.82. The lowest BCUT2D eigenvalue weighted by Crippen LogP contribution is -2.50. The monoisotopic (exact) mass is 423 g/mol. The van der Waals surface area contributed by atoms with E-state index in [0.717, 1.165) is 49.9 Å². The Balaban J connectivity index is 1.17. The normalized spacial score (nSPS) is 19.4. The summed E-state index contributed by atoms with van der Waals surface area (Å²) in [5.41, 5.74) is 2.34. The Bertz CT molecular complexity index is 941. The Labute approximate surface area is 182 Å². The smallest absolute Gasteiger partial charge is 0.257 e. The number of hydrogen-bond acceptors (Lipinski definition) is 5. The van der Waals surface area contributed by atoms with E-state index in [9.17, 15) is 9.59 Å². The van der Waals surface area contributed by atoms with E-state index in [0.29, 0.717) is 37.6 Å². The van der Waals surface area contributed by atoms with E-state index in [2.05, 4.69) is 10.1 Å². The highest BCUT2D eigenvalue weighted by atomic mass is 16.5. The number of hydrogen-bond donors (Lipinski definition) is 0. The molecule has 2 amide bonds. The summed E-state index contributed by atoms with van der Waals surface area (Å²) in [6.07, 6.45) is 11.3. The molecule has 1 aliphatic carbocycles. The Kier molecular flexibility index (Phi) is 5.61. The molecular weight excluding hydrogens is 394 g/mol. The zero-order chi connectivity index (χ0) is 21.2. The number of carbonyl (C=O) groups is 2. The van der Waals surface area contributed by atoms with Crippen molar-refractivity contribution in [2.24, 2.45) is 0 Å². The van der Waals surface area contributed by atoms with Crippen LogP contribution in [0.1, 0.15) is 64.9 Å². The van der Waals surface area contributed by atoms with Crippen LogP contribution >= 0.6 is 0 Å². The lowest BCUT2D eigenvalue weighted by Gasteiger charge is -2.35. The van der Waals surface area contributed by atoms with E-state index in [1.165, 1.54) is 12.8 Å². The molecule has 2 aromatic heterocycles. The van der Waals surface area contributed by atoms with Crippen molar-refractivity contribution in [3.63, 3.8) is 0 Å². The molecule has 0 radical (unpaired) electrons. The van der Waals surface area contributed by atoms with E-state index >= 15 is 0 Å². The molecule has 0 unspecified atom stereocenters. The molecule has 2 fully saturated rings. The average Bonchev–Trinajstić information content (AvgIpc) is 3.49. The van der Waals surface area contributed by atoms with Crippen molar-refractivity contribution in [2.75, 3.05) is 26.2 Å². The van der Waals surface area contributed by atoms with Crippen molar-refractivity contribution in [1.29, 1.82) is 0 Å². The topological polar surface area (TPSA) is 80.6 Å². The summed E-state index contributed by atoms with van der Waals surface area (Å²) in [4.78, 5) is 33.9. The van der Waals surface area contributed by atoms with E-state index in [-0.39, 0.29) is 17.9 Å². The van der Waals surface area contributed by atoms with E-state index in [1.54, 1.807) is 29.4 Å². The van der Waals surface area contributed by atoms with Crippen LogP contribution < -0.4 is 4.74 Å². The molecular formula is C23H29N5O3. The van der Waals surface area contributed by atoms with Crippen LogP contribution in [0.4, 0.5) is 0 Å². The van der Waals surface area contributed by atoms with E-state index < -0.39 is 0 Å². The van der Waals surface area contributed by atoms with Crippen molar-refractivity contribution in [3.8, 4) is 5.88 Å². The van der Waals surface area contributed by atoms with Crippen molar-refractivity contribution in [3.05, 3.63) is 41.3 Å². The van der Waals surface area contributed by atoms with Crippen LogP contribution in [-0.4, -0.2) is 68.7 Å². The first-order valence-corrected chi connectivity index (χ1v) is 11.4. The van der Waals surface area contributed by atoms with Crippen LogP contribution in [0, 0.1) is 0 Å². The molecule has 0 N–H and O–H groups in total. The standard InChI is InChI=1S/C23H29N5O3/c29-22(17-8-9-21(24-15-17)31-18-5-1-2-6-18)26-11-13-27(14-12-26)23(30)19-16-25-28-10-4-3-7-20(19)28/h8-9,15-16,18H,1-7,10-14H2. The lowest BCUT2D eigenvalue weighted by molar-refractivity contribution is 0.0534. The average molecular weight is 424 g/mol. The Morgan fingerprint density at radius 3 is 2.32 bits per heavy atom. The third kappa shape index (κ3) is 4.16. The maximum atomic E-state index is 13.0. The number of aryl methyl sites for hydroxylation is 1. The van der Waals surface area contributed by atoms with Crippen molar-refractivity contribution >= 4 is 11.8 Å². The summed E-state index contributed by atoms with van der Waals surface area (Å²) >= 11 is 0. The molecule has 5 rings (SSSR count). The molecule has 0 spiro atoms. The van der Waals surface area contributed by atoms with Crippen molar-refractivity contribution in [1.82, 2.24) is 24.6 Å². The van der Waals surface area contributed by atoms with Gasteiger partial charge in [0.2, 0.25) is 5.88 Å². The van der Waals surface area contributed by atoms with Gasteiger partial charge in [-0.25, -0.2) is 4.98 Å². The largest absolute Gasteiger partial charge is 0.474 e. The van der Waals surface area contributed by atoms with Gasteiger partial charge in [0.05, 0.1) is 23.0 Å². The van der Waals surface area contributed by atoms with Crippen LogP contribution in [0.15, 0.2) is 24.5 Å². The molecule has 1 saturated heterocycles. The molecule has 31 heavy (non-hydrogen) atoms. The highest BCUT2D eigenvalue weighted by Gasteiger charge is 2.29. The zero-order valence-corrected chi connectivity index (χ0v) is 17.8. The third-order valence-corrected chi connectivity index (χ3v) is 6.64. The lowest BCUT2D eigenvalue weighted by atomic mass is 10.1. The predicted octanol–water partition coefficient (Wildman–Crippen LogP) is 2.53. The number of fused-ring (bicyclic) bond motifs is 1. The zero-order valence-electron chi connectivity index (χ0n) is 17.8. The Morgan fingerprint density at radius 2 is 1.61 bits per heavy atom. The second kappa shape index (κ2) is 8.69. The number of carbonyl (C=O) groups excluding carboxylic acids is 2. The van der Waals surface area contributed by atoms with Gasteiger partial charge < -0.3 is 14.5 Å². The quantitative estimate of drug-likeness (QED) is 0.755. The second-order valence-electron chi connectivity index (χ2n) is 8.68. The number of nitrogens with zero attached hydrogens (tertiary/aromatic N) is 5. The Morgan fingerprint density at radius 1 is 0.871 bits per heavy atom. The van der Waals surface area contributed by atoms with Gasteiger partial charge in [-0.3, -0.25) is 14.3 Å². The second-order valence-corrected chi connectivity index (χ2v) is 8.68. The van der Waals surface area contributed by atoms with Gasteiger partial charge in [0.25, 0.3) is 11.8 Å². The molecule has 1 saturated carbocycles. The van der Waals surface area contributed by atoms with Gasteiger partial charge >= 0.3 is 0 Å². The first-order chi connectivity index (χ1) is 15.2. The minimum absolute atomic E-state index is 0.0327. The summed E-state index contributed by atoms with van der Waals surface area (Å²) in [6, 6.07) is 3.57. The number of aromatic nitrogens is 3. The van der Waals surface area contributed by atoms with E-state index in [4.69, 9.17) is 4.74 Å². The summed E-state index contributed by atoms with van der Waals surface area (Å²) in [6.45, 7) is 3.00. The van der Waals surface area contributed by atoms with Gasteiger partial charge in [-0.15, -0.1) is 0 Å². The summed E-state index contributed by atoms with van der Waals surface area (Å²) in [5.74, 6) is 0.573. The van der Waals surface area contributed by atoms with Crippen molar-refractivity contribution < 1.29 is 14.3 Å². The molecule has 8 nitrogen and oxygen atoms in total. The first-order valence-electron chi connectivity index (χ1n) is 11.4. The molecule has 2 aliphatic heterocycles. The van der Waals surface area contributed by atoms with Crippen LogP contribution in [-0.2, 0) is 13.0 Å². The van der Waals surface area contributed by atoms with Crippen LogP contribution in [0.25, 0.3) is 0 Å². The van der Waals surface area contributed by atoms with Crippen molar-refractivity contribution in [2.45, 2.75) is 57.6 Å². The van der Waals surface area contributed by atoms with Crippen LogP contribution in [0.2, 0.25) is 0 Å². The molecule has 4 heterocycles. The Hall–Kier alpha value is -2.90. The number of rotatable bonds is 4. The minimum atomic E-state index is -0.0464. The number of piperazine rings is 1. The molecule has 8 heteroatoms. The van der Waals surface area contributed by atoms with Gasteiger partial charge in [0.1, 0.15) is 6.10 Å². The highest BCUT2D eigenvalue weighted by molar-refractivity contribution is 5.96.